The van der Waals surface area contributed by atoms with Crippen LogP contribution in [-0.4, -0.2) is 23.7 Å². The lowest BCUT2D eigenvalue weighted by Crippen LogP contribution is -2.01. The van der Waals surface area contributed by atoms with Gasteiger partial charge in [-0.3, -0.25) is 0 Å². The van der Waals surface area contributed by atoms with Crippen LogP contribution in [0.2, 0.25) is 10.0 Å². The van der Waals surface area contributed by atoms with Gasteiger partial charge in [0, 0.05) is 33.8 Å². The maximum atomic E-state index is 10.4. The molecule has 0 amide bonds. The number of phenolic OH excluding ortho intramolecular Hbond substituents is 1. The first-order chi connectivity index (χ1) is 12.5. The second-order valence-electron chi connectivity index (χ2n) is 5.64. The molecule has 0 aliphatic rings. The monoisotopic (exact) mass is 388 g/mol. The Morgan fingerprint density at radius 1 is 1.08 bits per heavy atom. The van der Waals surface area contributed by atoms with Crippen LogP contribution in [0.3, 0.4) is 0 Å². The summed E-state index contributed by atoms with van der Waals surface area (Å²) in [5, 5.41) is 14.7. The van der Waals surface area contributed by atoms with Crippen molar-refractivity contribution in [3.8, 4) is 33.9 Å². The van der Waals surface area contributed by atoms with Gasteiger partial charge in [-0.25, -0.2) is 4.98 Å². The average Bonchev–Trinajstić information content (AvgIpc) is 2.61. The zero-order chi connectivity index (χ0) is 18.7. The minimum absolute atomic E-state index is 0.0849. The van der Waals surface area contributed by atoms with E-state index in [0.29, 0.717) is 39.4 Å². The summed E-state index contributed by atoms with van der Waals surface area (Å²) in [6, 6.07) is 14.2. The van der Waals surface area contributed by atoms with Gasteiger partial charge in [0.25, 0.3) is 0 Å². The Bertz CT molecular complexity index is 925. The van der Waals surface area contributed by atoms with E-state index < -0.39 is 0 Å². The number of aromatic hydroxyl groups is 1. The molecule has 3 aromatic rings. The third-order valence-electron chi connectivity index (χ3n) is 3.92. The minimum atomic E-state index is 0.0849. The lowest BCUT2D eigenvalue weighted by molar-refractivity contribution is 0.408. The van der Waals surface area contributed by atoms with Crippen LogP contribution in [0.25, 0.3) is 22.4 Å². The van der Waals surface area contributed by atoms with Crippen molar-refractivity contribution >= 4 is 29.0 Å². The number of anilines is 1. The smallest absolute Gasteiger partial charge is 0.128 e. The Hall–Kier alpha value is -2.43. The van der Waals surface area contributed by atoms with Crippen molar-refractivity contribution in [2.75, 3.05) is 19.0 Å². The molecular formula is C20H18Cl2N2O2. The highest BCUT2D eigenvalue weighted by Gasteiger charge is 2.14. The third kappa shape index (κ3) is 3.71. The van der Waals surface area contributed by atoms with Gasteiger partial charge in [-0.05, 0) is 48.9 Å². The molecular weight excluding hydrogens is 371 g/mol. The van der Waals surface area contributed by atoms with Gasteiger partial charge in [0.15, 0.2) is 0 Å². The van der Waals surface area contributed by atoms with Crippen LogP contribution < -0.4 is 10.1 Å². The van der Waals surface area contributed by atoms with Crippen LogP contribution in [0.4, 0.5) is 5.82 Å². The van der Waals surface area contributed by atoms with E-state index in [0.717, 1.165) is 11.1 Å². The fourth-order valence-electron chi connectivity index (χ4n) is 2.71. The van der Waals surface area contributed by atoms with Crippen LogP contribution >= 0.6 is 23.2 Å². The van der Waals surface area contributed by atoms with Crippen LogP contribution in [0.5, 0.6) is 11.5 Å². The van der Waals surface area contributed by atoms with Gasteiger partial charge in [0.2, 0.25) is 0 Å². The molecule has 0 aliphatic carbocycles. The van der Waals surface area contributed by atoms with Crippen molar-refractivity contribution in [2.45, 2.75) is 6.92 Å². The van der Waals surface area contributed by atoms with Crippen molar-refractivity contribution in [3.63, 3.8) is 0 Å². The van der Waals surface area contributed by atoms with Crippen molar-refractivity contribution in [1.29, 1.82) is 0 Å². The van der Waals surface area contributed by atoms with E-state index in [4.69, 9.17) is 27.9 Å². The van der Waals surface area contributed by atoms with Gasteiger partial charge in [0.05, 0.1) is 12.8 Å². The minimum Gasteiger partial charge on any atom is -0.507 e. The summed E-state index contributed by atoms with van der Waals surface area (Å²) in [5.74, 6) is 1.33. The molecule has 2 N–H and O–H groups in total. The zero-order valence-corrected chi connectivity index (χ0v) is 15.9. The predicted octanol–water partition coefficient (Wildman–Crippen LogP) is 5.87. The third-order valence-corrected chi connectivity index (χ3v) is 4.55. The molecule has 2 aromatic carbocycles. The summed E-state index contributed by atoms with van der Waals surface area (Å²) in [5.41, 5.74) is 2.74. The molecule has 0 bridgehead atoms. The molecule has 0 saturated carbocycles. The van der Waals surface area contributed by atoms with E-state index in [1.54, 1.807) is 43.5 Å². The number of nitrogens with zero attached hydrogens (tertiary/aromatic N) is 1. The first kappa shape index (κ1) is 18.4. The highest BCUT2D eigenvalue weighted by atomic mass is 35.5. The van der Waals surface area contributed by atoms with Crippen molar-refractivity contribution < 1.29 is 9.84 Å². The second-order valence-corrected chi connectivity index (χ2v) is 6.45. The normalized spacial score (nSPS) is 10.6. The number of hydrogen-bond acceptors (Lipinski definition) is 4. The van der Waals surface area contributed by atoms with Gasteiger partial charge in [-0.2, -0.15) is 0 Å². The Morgan fingerprint density at radius 2 is 1.81 bits per heavy atom. The highest BCUT2D eigenvalue weighted by Crippen LogP contribution is 2.39. The predicted molar refractivity (Wildman–Crippen MR) is 108 cm³/mol. The fraction of sp³-hybridized carbons (Fsp3) is 0.150. The van der Waals surface area contributed by atoms with Gasteiger partial charge in [-0.15, -0.1) is 0 Å². The quantitative estimate of drug-likeness (QED) is 0.573. The first-order valence-electron chi connectivity index (χ1n) is 8.11. The molecule has 26 heavy (non-hydrogen) atoms. The van der Waals surface area contributed by atoms with Gasteiger partial charge < -0.3 is 15.2 Å². The molecule has 0 fully saturated rings. The number of nitrogens with one attached hydrogen (secondary N) is 1. The molecule has 0 unspecified atom stereocenters. The van der Waals surface area contributed by atoms with Crippen LogP contribution in [0.15, 0.2) is 48.5 Å². The maximum Gasteiger partial charge on any atom is 0.128 e. The van der Waals surface area contributed by atoms with E-state index in [2.05, 4.69) is 10.3 Å². The lowest BCUT2D eigenvalue weighted by Gasteiger charge is -2.13. The largest absolute Gasteiger partial charge is 0.507 e. The number of aromatic nitrogens is 1. The Balaban J connectivity index is 2.19. The van der Waals surface area contributed by atoms with E-state index in [-0.39, 0.29) is 5.75 Å². The SMILES string of the molecule is CCNc1cc(-c2c(Cl)cccc2Cl)cc(-c2ccc(OC)cc2O)n1. The molecule has 1 heterocycles. The van der Waals surface area contributed by atoms with Crippen molar-refractivity contribution in [2.24, 2.45) is 0 Å². The van der Waals surface area contributed by atoms with E-state index in [1.165, 1.54) is 0 Å². The molecule has 0 saturated heterocycles. The van der Waals surface area contributed by atoms with E-state index >= 15 is 0 Å². The summed E-state index contributed by atoms with van der Waals surface area (Å²) in [7, 11) is 1.55. The Kier molecular flexibility index (Phi) is 5.55. The van der Waals surface area contributed by atoms with Gasteiger partial charge in [-0.1, -0.05) is 29.3 Å². The van der Waals surface area contributed by atoms with E-state index in [1.807, 2.05) is 19.1 Å². The standard InChI is InChI=1S/C20H18Cl2N2O2/c1-3-23-19-10-12(20-15(21)5-4-6-16(20)22)9-17(24-19)14-8-7-13(26-2)11-18(14)25/h4-11,25H,3H2,1-2H3,(H,23,24). The van der Waals surface area contributed by atoms with Crippen LogP contribution in [-0.2, 0) is 0 Å². The molecule has 0 aliphatic heterocycles. The topological polar surface area (TPSA) is 54.4 Å². The molecule has 6 heteroatoms. The molecule has 3 rings (SSSR count). The second kappa shape index (κ2) is 7.85. The molecule has 4 nitrogen and oxygen atoms in total. The number of halogens is 2. The average molecular weight is 389 g/mol. The summed E-state index contributed by atoms with van der Waals surface area (Å²) >= 11 is 12.7. The maximum absolute atomic E-state index is 10.4. The first-order valence-corrected chi connectivity index (χ1v) is 8.86. The van der Waals surface area contributed by atoms with Gasteiger partial charge >= 0.3 is 0 Å². The number of pyridine rings is 1. The van der Waals surface area contributed by atoms with Crippen LogP contribution in [0, 0.1) is 0 Å². The molecule has 0 radical (unpaired) electrons. The van der Waals surface area contributed by atoms with Gasteiger partial charge in [0.1, 0.15) is 17.3 Å². The Morgan fingerprint density at radius 3 is 2.42 bits per heavy atom. The number of benzene rings is 2. The number of phenols is 1. The summed E-state index contributed by atoms with van der Waals surface area (Å²) in [6.45, 7) is 2.70. The number of methoxy groups -OCH3 is 1. The number of ether oxygens (including phenoxy) is 1. The molecule has 0 atom stereocenters. The summed E-state index contributed by atoms with van der Waals surface area (Å²) in [4.78, 5) is 4.60. The molecule has 0 spiro atoms. The van der Waals surface area contributed by atoms with E-state index in [9.17, 15) is 5.11 Å². The van der Waals surface area contributed by atoms with Crippen molar-refractivity contribution in [3.05, 3.63) is 58.6 Å². The zero-order valence-electron chi connectivity index (χ0n) is 14.4. The lowest BCUT2D eigenvalue weighted by atomic mass is 10.0. The number of rotatable bonds is 5. The Labute approximate surface area is 162 Å². The van der Waals surface area contributed by atoms with Crippen molar-refractivity contribution in [1.82, 2.24) is 4.98 Å². The number of hydrogen-bond donors (Lipinski definition) is 2. The summed E-state index contributed by atoms with van der Waals surface area (Å²) < 4.78 is 5.15. The van der Waals surface area contributed by atoms with Crippen LogP contribution in [0.1, 0.15) is 6.92 Å². The fourth-order valence-corrected chi connectivity index (χ4v) is 3.33. The highest BCUT2D eigenvalue weighted by molar-refractivity contribution is 6.39. The molecule has 134 valence electrons. The summed E-state index contributed by atoms with van der Waals surface area (Å²) in [6.07, 6.45) is 0. The molecule has 1 aromatic heterocycles.